The van der Waals surface area contributed by atoms with Crippen LogP contribution in [-0.2, 0) is 0 Å². The molecule has 0 aliphatic carbocycles. The molecule has 282 valence electrons. The van der Waals surface area contributed by atoms with Crippen LogP contribution in [0.15, 0.2) is 241 Å². The summed E-state index contributed by atoms with van der Waals surface area (Å²) in [5.74, 6) is 0. The van der Waals surface area contributed by atoms with E-state index in [1.165, 1.54) is 38.8 Å². The van der Waals surface area contributed by atoms with Gasteiger partial charge in [-0.2, -0.15) is 0 Å². The summed E-state index contributed by atoms with van der Waals surface area (Å²) in [6.45, 7) is 0. The van der Waals surface area contributed by atoms with E-state index in [1.807, 2.05) is 0 Å². The third kappa shape index (κ3) is 6.32. The minimum absolute atomic E-state index is 0.837. The fourth-order valence-corrected chi connectivity index (χ4v) is 8.71. The highest BCUT2D eigenvalue weighted by molar-refractivity contribution is 6.22. The van der Waals surface area contributed by atoms with Crippen LogP contribution in [0.5, 0.6) is 0 Å². The van der Waals surface area contributed by atoms with Crippen LogP contribution in [-0.4, -0.2) is 0 Å². The molecule has 0 spiro atoms. The molecule has 60 heavy (non-hydrogen) atoms. The van der Waals surface area contributed by atoms with Crippen LogP contribution in [0.3, 0.4) is 0 Å². The summed E-state index contributed by atoms with van der Waals surface area (Å²) in [5, 5.41) is 4.42. The zero-order chi connectivity index (χ0) is 39.8. The van der Waals surface area contributed by atoms with E-state index < -0.39 is 0 Å². The monoisotopic (exact) mass is 765 g/mol. The fourth-order valence-electron chi connectivity index (χ4n) is 8.71. The average molecular weight is 766 g/mol. The number of anilines is 3. The maximum atomic E-state index is 7.31. The van der Waals surface area contributed by atoms with E-state index in [-0.39, 0.29) is 0 Å². The second-order valence-electron chi connectivity index (χ2n) is 15.3. The highest BCUT2D eigenvalue weighted by Crippen LogP contribution is 2.50. The van der Waals surface area contributed by atoms with E-state index in [0.717, 1.165) is 66.6 Å². The van der Waals surface area contributed by atoms with Crippen molar-refractivity contribution < 1.29 is 4.42 Å². The molecule has 0 fully saturated rings. The summed E-state index contributed by atoms with van der Waals surface area (Å²) >= 11 is 0. The van der Waals surface area contributed by atoms with Gasteiger partial charge in [-0.15, -0.1) is 0 Å². The Morgan fingerprint density at radius 3 is 1.12 bits per heavy atom. The smallest absolute Gasteiger partial charge is 0.160 e. The molecule has 0 atom stereocenters. The van der Waals surface area contributed by atoms with E-state index in [4.69, 9.17) is 4.42 Å². The molecular formula is C58H39NO. The lowest BCUT2D eigenvalue weighted by Gasteiger charge is -2.28. The van der Waals surface area contributed by atoms with Gasteiger partial charge in [0.2, 0.25) is 0 Å². The Morgan fingerprint density at radius 2 is 0.617 bits per heavy atom. The minimum Gasteiger partial charge on any atom is -0.453 e. The Bertz CT molecular complexity index is 3160. The molecule has 2 nitrogen and oxygen atoms in total. The van der Waals surface area contributed by atoms with Crippen LogP contribution >= 0.6 is 0 Å². The Balaban J connectivity index is 1.19. The van der Waals surface area contributed by atoms with Gasteiger partial charge in [-0.05, 0) is 91.9 Å². The number of hydrogen-bond donors (Lipinski definition) is 0. The number of benzene rings is 10. The summed E-state index contributed by atoms with van der Waals surface area (Å²) < 4.78 is 7.31. The number of rotatable bonds is 8. The van der Waals surface area contributed by atoms with E-state index in [2.05, 4.69) is 241 Å². The lowest BCUT2D eigenvalue weighted by atomic mass is 9.94. The molecule has 0 amide bonds. The van der Waals surface area contributed by atoms with Gasteiger partial charge in [0, 0.05) is 33.1 Å². The van der Waals surface area contributed by atoms with Crippen molar-refractivity contribution in [3.05, 3.63) is 237 Å². The molecule has 11 rings (SSSR count). The second kappa shape index (κ2) is 15.1. The Morgan fingerprint density at radius 1 is 0.250 bits per heavy atom. The molecule has 0 N–H and O–H groups in total. The van der Waals surface area contributed by atoms with Crippen molar-refractivity contribution in [1.29, 1.82) is 0 Å². The van der Waals surface area contributed by atoms with Crippen molar-refractivity contribution >= 4 is 49.8 Å². The standard InChI is InChI=1S/C58H39NO/c1-5-15-40(16-6-1)43-25-27-47(28-26-43)50-37-38-53-55-39-54(46-21-11-4-12-22-46)51-23-13-14-24-52(51)57(55)60-58(53)56(50)59(48-33-29-44(30-34-48)41-17-7-2-8-18-41)49-35-31-45(32-36-49)42-19-9-3-10-20-42/h1-39H. The van der Waals surface area contributed by atoms with Crippen LogP contribution in [0.25, 0.3) is 88.3 Å². The van der Waals surface area contributed by atoms with Crippen molar-refractivity contribution in [2.45, 2.75) is 0 Å². The van der Waals surface area contributed by atoms with Gasteiger partial charge < -0.3 is 9.32 Å². The second-order valence-corrected chi connectivity index (χ2v) is 15.3. The summed E-state index contributed by atoms with van der Waals surface area (Å²) in [6, 6.07) is 84.7. The lowest BCUT2D eigenvalue weighted by Crippen LogP contribution is -2.11. The molecule has 0 unspecified atom stereocenters. The van der Waals surface area contributed by atoms with Crippen LogP contribution in [0.4, 0.5) is 17.1 Å². The first-order valence-electron chi connectivity index (χ1n) is 20.5. The quantitative estimate of drug-likeness (QED) is 0.153. The highest BCUT2D eigenvalue weighted by Gasteiger charge is 2.25. The first-order chi connectivity index (χ1) is 29.8. The SMILES string of the molecule is c1ccc(-c2ccc(-c3ccc4c(oc5c6ccccc6c(-c6ccccc6)cc45)c3N(c3ccc(-c4ccccc4)cc3)c3ccc(-c4ccccc4)cc3)cc2)cc1. The normalized spacial score (nSPS) is 11.3. The average Bonchev–Trinajstić information content (AvgIpc) is 3.72. The first kappa shape index (κ1) is 35.2. The first-order valence-corrected chi connectivity index (χ1v) is 20.5. The molecule has 0 aliphatic rings. The van der Waals surface area contributed by atoms with Crippen molar-refractivity contribution in [3.63, 3.8) is 0 Å². The number of fused-ring (bicyclic) bond motifs is 5. The Labute approximate surface area is 349 Å². The minimum atomic E-state index is 0.837. The summed E-state index contributed by atoms with van der Waals surface area (Å²) in [6.07, 6.45) is 0. The van der Waals surface area contributed by atoms with Gasteiger partial charge in [-0.25, -0.2) is 0 Å². The molecule has 0 radical (unpaired) electrons. The third-order valence-corrected chi connectivity index (χ3v) is 11.7. The molecule has 0 saturated heterocycles. The van der Waals surface area contributed by atoms with Crippen LogP contribution in [0, 0.1) is 0 Å². The van der Waals surface area contributed by atoms with Crippen molar-refractivity contribution in [2.75, 3.05) is 4.90 Å². The van der Waals surface area contributed by atoms with E-state index in [0.29, 0.717) is 0 Å². The van der Waals surface area contributed by atoms with Gasteiger partial charge in [0.05, 0.1) is 5.69 Å². The zero-order valence-electron chi connectivity index (χ0n) is 32.9. The molecule has 0 aliphatic heterocycles. The number of hydrogen-bond acceptors (Lipinski definition) is 2. The van der Waals surface area contributed by atoms with Gasteiger partial charge in [-0.3, -0.25) is 0 Å². The van der Waals surface area contributed by atoms with E-state index >= 15 is 0 Å². The molecule has 0 saturated carbocycles. The molecule has 10 aromatic carbocycles. The maximum absolute atomic E-state index is 7.31. The summed E-state index contributed by atoms with van der Waals surface area (Å²) in [7, 11) is 0. The van der Waals surface area contributed by atoms with Crippen molar-refractivity contribution in [1.82, 2.24) is 0 Å². The third-order valence-electron chi connectivity index (χ3n) is 11.7. The maximum Gasteiger partial charge on any atom is 0.160 e. The molecular weight excluding hydrogens is 727 g/mol. The zero-order valence-corrected chi connectivity index (χ0v) is 32.9. The van der Waals surface area contributed by atoms with Gasteiger partial charge in [0.1, 0.15) is 5.58 Å². The molecule has 2 heteroatoms. The van der Waals surface area contributed by atoms with E-state index in [9.17, 15) is 0 Å². The molecule has 0 bridgehead atoms. The Hall–Kier alpha value is -7.94. The van der Waals surface area contributed by atoms with Crippen LogP contribution < -0.4 is 4.90 Å². The highest BCUT2D eigenvalue weighted by atomic mass is 16.3. The summed E-state index contributed by atoms with van der Waals surface area (Å²) in [5.41, 5.74) is 16.4. The predicted octanol–water partition coefficient (Wildman–Crippen LogP) is 16.5. The fraction of sp³-hybridized carbons (Fsp3) is 0. The number of nitrogens with zero attached hydrogens (tertiary/aromatic N) is 1. The lowest BCUT2D eigenvalue weighted by molar-refractivity contribution is 0.673. The molecule has 1 heterocycles. The van der Waals surface area contributed by atoms with Gasteiger partial charge in [0.25, 0.3) is 0 Å². The predicted molar refractivity (Wildman–Crippen MR) is 253 cm³/mol. The summed E-state index contributed by atoms with van der Waals surface area (Å²) in [4.78, 5) is 2.38. The van der Waals surface area contributed by atoms with Gasteiger partial charge >= 0.3 is 0 Å². The van der Waals surface area contributed by atoms with Crippen molar-refractivity contribution in [3.8, 4) is 55.6 Å². The topological polar surface area (TPSA) is 16.4 Å². The van der Waals surface area contributed by atoms with E-state index in [1.54, 1.807) is 0 Å². The Kier molecular flexibility index (Phi) is 8.87. The number of furan rings is 1. The van der Waals surface area contributed by atoms with Crippen LogP contribution in [0.2, 0.25) is 0 Å². The van der Waals surface area contributed by atoms with Crippen molar-refractivity contribution in [2.24, 2.45) is 0 Å². The van der Waals surface area contributed by atoms with Crippen LogP contribution in [0.1, 0.15) is 0 Å². The van der Waals surface area contributed by atoms with Gasteiger partial charge in [-0.1, -0.05) is 200 Å². The molecule has 11 aromatic rings. The largest absolute Gasteiger partial charge is 0.453 e. The van der Waals surface area contributed by atoms with Gasteiger partial charge in [0.15, 0.2) is 5.58 Å². The molecule has 1 aromatic heterocycles.